The van der Waals surface area contributed by atoms with Gasteiger partial charge in [-0.25, -0.2) is 4.98 Å². The summed E-state index contributed by atoms with van der Waals surface area (Å²) in [6, 6.07) is 11.2. The van der Waals surface area contributed by atoms with E-state index in [-0.39, 0.29) is 5.78 Å². The molecule has 2 aromatic carbocycles. The number of hydrogen-bond acceptors (Lipinski definition) is 6. The van der Waals surface area contributed by atoms with E-state index >= 15 is 0 Å². The van der Waals surface area contributed by atoms with Crippen molar-refractivity contribution in [2.75, 3.05) is 25.1 Å². The fourth-order valence-corrected chi connectivity index (χ4v) is 5.22. The number of rotatable bonds is 2. The van der Waals surface area contributed by atoms with Crippen LogP contribution in [0.25, 0.3) is 10.2 Å². The number of ketones is 1. The summed E-state index contributed by atoms with van der Waals surface area (Å²) in [5.41, 5.74) is 1.16. The SMILES string of the molecule is COc1ccc2nc(N3CCC4(CC3)CC(=O)c3cc(Cl)ccc3O4)sc2c1. The molecular formula is C21H19ClN2O3S. The lowest BCUT2D eigenvalue weighted by Crippen LogP contribution is -2.51. The highest BCUT2D eigenvalue weighted by Crippen LogP contribution is 2.41. The van der Waals surface area contributed by atoms with Crippen LogP contribution in [0.4, 0.5) is 5.13 Å². The van der Waals surface area contributed by atoms with Gasteiger partial charge >= 0.3 is 0 Å². The molecule has 5 nitrogen and oxygen atoms in total. The first-order valence-corrected chi connectivity index (χ1v) is 10.5. The van der Waals surface area contributed by atoms with E-state index in [1.807, 2.05) is 24.3 Å². The zero-order chi connectivity index (χ0) is 19.3. The van der Waals surface area contributed by atoms with E-state index in [1.54, 1.807) is 30.6 Å². The number of carbonyl (C=O) groups excluding carboxylic acids is 1. The number of thiazole rings is 1. The van der Waals surface area contributed by atoms with E-state index in [2.05, 4.69) is 4.90 Å². The molecule has 1 fully saturated rings. The Balaban J connectivity index is 1.35. The number of nitrogens with zero attached hydrogens (tertiary/aromatic N) is 2. The molecule has 1 aromatic heterocycles. The summed E-state index contributed by atoms with van der Waals surface area (Å²) in [6.45, 7) is 1.63. The van der Waals surface area contributed by atoms with Crippen LogP contribution in [0.2, 0.25) is 5.02 Å². The molecule has 0 atom stereocenters. The topological polar surface area (TPSA) is 51.7 Å². The zero-order valence-corrected chi connectivity index (χ0v) is 17.0. The van der Waals surface area contributed by atoms with Gasteiger partial charge in [-0.3, -0.25) is 4.79 Å². The molecule has 0 radical (unpaired) electrons. The van der Waals surface area contributed by atoms with Crippen molar-refractivity contribution >= 4 is 44.1 Å². The van der Waals surface area contributed by atoms with Gasteiger partial charge in [-0.1, -0.05) is 22.9 Å². The average Bonchev–Trinajstić information content (AvgIpc) is 3.12. The molecule has 1 spiro atoms. The number of benzene rings is 2. The normalized spacial score (nSPS) is 18.2. The van der Waals surface area contributed by atoms with Crippen LogP contribution in [0.5, 0.6) is 11.5 Å². The first-order chi connectivity index (χ1) is 13.5. The Bertz CT molecular complexity index is 1070. The standard InChI is InChI=1S/C21H19ClN2O3S/c1-26-14-3-4-16-19(11-14)28-20(23-16)24-8-6-21(7-9-24)12-17(25)15-10-13(22)2-5-18(15)27-21/h2-5,10-11H,6-9,12H2,1H3. The van der Waals surface area contributed by atoms with E-state index in [9.17, 15) is 4.79 Å². The highest BCUT2D eigenvalue weighted by Gasteiger charge is 2.43. The van der Waals surface area contributed by atoms with Crippen molar-refractivity contribution in [1.29, 1.82) is 0 Å². The molecule has 5 rings (SSSR count). The Morgan fingerprint density at radius 3 is 2.82 bits per heavy atom. The third-order valence-corrected chi connectivity index (χ3v) is 6.89. The van der Waals surface area contributed by atoms with E-state index in [0.717, 1.165) is 47.0 Å². The monoisotopic (exact) mass is 414 g/mol. The smallest absolute Gasteiger partial charge is 0.186 e. The van der Waals surface area contributed by atoms with Gasteiger partial charge in [0.25, 0.3) is 0 Å². The Kier molecular flexibility index (Phi) is 4.21. The van der Waals surface area contributed by atoms with Crippen LogP contribution in [0.3, 0.4) is 0 Å². The van der Waals surface area contributed by atoms with Crippen LogP contribution in [-0.4, -0.2) is 36.6 Å². The quantitative estimate of drug-likeness (QED) is 0.593. The minimum atomic E-state index is -0.422. The molecular weight excluding hydrogens is 396 g/mol. The summed E-state index contributed by atoms with van der Waals surface area (Å²) in [4.78, 5) is 19.7. The second-order valence-corrected chi connectivity index (χ2v) is 8.79. The molecule has 0 amide bonds. The van der Waals surface area contributed by atoms with Gasteiger partial charge < -0.3 is 14.4 Å². The average molecular weight is 415 g/mol. The lowest BCUT2D eigenvalue weighted by atomic mass is 9.82. The van der Waals surface area contributed by atoms with Crippen LogP contribution < -0.4 is 14.4 Å². The minimum absolute atomic E-state index is 0.115. The first kappa shape index (κ1) is 17.8. The van der Waals surface area contributed by atoms with Crippen molar-refractivity contribution in [3.63, 3.8) is 0 Å². The predicted octanol–water partition coefficient (Wildman–Crippen LogP) is 4.96. The third-order valence-electron chi connectivity index (χ3n) is 5.58. The van der Waals surface area contributed by atoms with E-state index in [0.29, 0.717) is 22.8 Å². The van der Waals surface area contributed by atoms with Crippen LogP contribution in [0.1, 0.15) is 29.6 Å². The molecule has 28 heavy (non-hydrogen) atoms. The van der Waals surface area contributed by atoms with Gasteiger partial charge in [-0.15, -0.1) is 0 Å². The number of hydrogen-bond donors (Lipinski definition) is 0. The van der Waals surface area contributed by atoms with Crippen molar-refractivity contribution in [3.8, 4) is 11.5 Å². The molecule has 7 heteroatoms. The number of ether oxygens (including phenoxy) is 2. The van der Waals surface area contributed by atoms with Gasteiger partial charge in [0, 0.05) is 31.0 Å². The predicted molar refractivity (Wildman–Crippen MR) is 111 cm³/mol. The molecule has 144 valence electrons. The van der Waals surface area contributed by atoms with Crippen molar-refractivity contribution in [1.82, 2.24) is 4.98 Å². The summed E-state index contributed by atoms with van der Waals surface area (Å²) in [5, 5.41) is 1.57. The maximum absolute atomic E-state index is 12.7. The maximum atomic E-state index is 12.7. The highest BCUT2D eigenvalue weighted by molar-refractivity contribution is 7.22. The highest BCUT2D eigenvalue weighted by atomic mass is 35.5. The molecule has 3 heterocycles. The maximum Gasteiger partial charge on any atom is 0.186 e. The summed E-state index contributed by atoms with van der Waals surface area (Å²) in [5.74, 6) is 1.61. The van der Waals surface area contributed by atoms with E-state index in [1.165, 1.54) is 0 Å². The van der Waals surface area contributed by atoms with Crippen LogP contribution >= 0.6 is 22.9 Å². The van der Waals surface area contributed by atoms with Gasteiger partial charge in [-0.05, 0) is 36.4 Å². The Morgan fingerprint density at radius 1 is 1.21 bits per heavy atom. The van der Waals surface area contributed by atoms with Crippen LogP contribution in [0, 0.1) is 0 Å². The largest absolute Gasteiger partial charge is 0.497 e. The second kappa shape index (κ2) is 6.64. The van der Waals surface area contributed by atoms with Crippen LogP contribution in [0.15, 0.2) is 36.4 Å². The van der Waals surface area contributed by atoms with Crippen LogP contribution in [-0.2, 0) is 0 Å². The van der Waals surface area contributed by atoms with E-state index in [4.69, 9.17) is 26.1 Å². The second-order valence-electron chi connectivity index (χ2n) is 7.34. The number of carbonyl (C=O) groups is 1. The number of aromatic nitrogens is 1. The Hall–Kier alpha value is -2.31. The number of halogens is 1. The van der Waals surface area contributed by atoms with Gasteiger partial charge in [0.15, 0.2) is 10.9 Å². The number of Topliss-reactive ketones (excluding diaryl/α,β-unsaturated/α-hetero) is 1. The van der Waals surface area contributed by atoms with Gasteiger partial charge in [0.1, 0.15) is 17.1 Å². The zero-order valence-electron chi connectivity index (χ0n) is 15.4. The van der Waals surface area contributed by atoms with Gasteiger partial charge in [0.2, 0.25) is 0 Å². The van der Waals surface area contributed by atoms with Crippen molar-refractivity contribution in [2.45, 2.75) is 24.9 Å². The number of anilines is 1. The fraction of sp³-hybridized carbons (Fsp3) is 0.333. The van der Waals surface area contributed by atoms with Crippen molar-refractivity contribution in [2.24, 2.45) is 0 Å². The third kappa shape index (κ3) is 3.01. The molecule has 0 bridgehead atoms. The summed E-state index contributed by atoms with van der Waals surface area (Å²) in [6.07, 6.45) is 1.99. The molecule has 3 aromatic rings. The lowest BCUT2D eigenvalue weighted by Gasteiger charge is -2.43. The Labute approximate surface area is 171 Å². The summed E-state index contributed by atoms with van der Waals surface area (Å²) < 4.78 is 12.7. The number of fused-ring (bicyclic) bond motifs is 2. The number of methoxy groups -OCH3 is 1. The number of piperidine rings is 1. The fourth-order valence-electron chi connectivity index (χ4n) is 4.01. The minimum Gasteiger partial charge on any atom is -0.497 e. The Morgan fingerprint density at radius 2 is 2.04 bits per heavy atom. The summed E-state index contributed by atoms with van der Waals surface area (Å²) >= 11 is 7.70. The molecule has 2 aliphatic heterocycles. The van der Waals surface area contributed by atoms with Gasteiger partial charge in [0.05, 0.1) is 29.3 Å². The molecule has 0 unspecified atom stereocenters. The first-order valence-electron chi connectivity index (χ1n) is 9.27. The van der Waals surface area contributed by atoms with E-state index < -0.39 is 5.60 Å². The summed E-state index contributed by atoms with van der Waals surface area (Å²) in [7, 11) is 1.67. The molecule has 2 aliphatic rings. The molecule has 0 saturated carbocycles. The molecule has 0 aliphatic carbocycles. The van der Waals surface area contributed by atoms with Crippen molar-refractivity contribution in [3.05, 3.63) is 47.0 Å². The van der Waals surface area contributed by atoms with Crippen molar-refractivity contribution < 1.29 is 14.3 Å². The molecule has 1 saturated heterocycles. The lowest BCUT2D eigenvalue weighted by molar-refractivity contribution is 0.0232. The molecule has 0 N–H and O–H groups in total. The van der Waals surface area contributed by atoms with Gasteiger partial charge in [-0.2, -0.15) is 0 Å².